The van der Waals surface area contributed by atoms with Gasteiger partial charge in [-0.2, -0.15) is 5.10 Å². The number of hydrogen-bond acceptors (Lipinski definition) is 7. The van der Waals surface area contributed by atoms with E-state index in [-0.39, 0.29) is 17.9 Å². The zero-order valence-corrected chi connectivity index (χ0v) is 15.5. The highest BCUT2D eigenvalue weighted by Crippen LogP contribution is 2.28. The number of methoxy groups -OCH3 is 1. The van der Waals surface area contributed by atoms with Crippen LogP contribution in [0.15, 0.2) is 70.4 Å². The fourth-order valence-corrected chi connectivity index (χ4v) is 2.41. The summed E-state index contributed by atoms with van der Waals surface area (Å²) in [6, 6.07) is 14.5. The lowest BCUT2D eigenvalue weighted by Gasteiger charge is -2.12. The molecule has 1 amide bonds. The number of ether oxygens (including phenoxy) is 2. The number of carboxylic acid groups (broad SMARTS) is 1. The topological polar surface area (TPSA) is 113 Å². The van der Waals surface area contributed by atoms with Crippen molar-refractivity contribution in [2.24, 2.45) is 5.10 Å². The summed E-state index contributed by atoms with van der Waals surface area (Å²) in [5.74, 6) is -0.526. The van der Waals surface area contributed by atoms with E-state index < -0.39 is 11.9 Å². The minimum absolute atomic E-state index is 0.106. The summed E-state index contributed by atoms with van der Waals surface area (Å²) in [7, 11) is 1.51. The molecule has 0 saturated heterocycles. The maximum atomic E-state index is 11.8. The molecule has 0 aliphatic carbocycles. The third-order valence-electron chi connectivity index (χ3n) is 3.90. The molecule has 29 heavy (non-hydrogen) atoms. The van der Waals surface area contributed by atoms with Gasteiger partial charge in [-0.3, -0.25) is 4.79 Å². The van der Waals surface area contributed by atoms with Crippen molar-refractivity contribution in [3.05, 3.63) is 83.3 Å². The standard InChI is InChI=1S/C21H18N2O6/c1-27-19-11-15(12-22-23-20(24)18-3-2-10-28-18)6-9-17(19)29-13-14-4-7-16(8-5-14)21(25)26/h2-12H,13H2,1H3,(H,23,24)(H,25,26)/p-1/b22-12-. The molecular weight excluding hydrogens is 376 g/mol. The van der Waals surface area contributed by atoms with Crippen LogP contribution >= 0.6 is 0 Å². The molecule has 0 unspecified atom stereocenters. The molecule has 0 aliphatic rings. The molecule has 1 aromatic heterocycles. The Balaban J connectivity index is 1.61. The molecule has 1 N–H and O–H groups in total. The van der Waals surface area contributed by atoms with Crippen molar-refractivity contribution in [2.45, 2.75) is 6.61 Å². The number of nitrogens with one attached hydrogen (secondary N) is 1. The molecule has 3 rings (SSSR count). The van der Waals surface area contributed by atoms with Crippen molar-refractivity contribution in [1.29, 1.82) is 0 Å². The van der Waals surface area contributed by atoms with E-state index in [1.165, 1.54) is 37.8 Å². The summed E-state index contributed by atoms with van der Waals surface area (Å²) in [5.41, 5.74) is 3.95. The van der Waals surface area contributed by atoms with Crippen LogP contribution in [0.4, 0.5) is 0 Å². The summed E-state index contributed by atoms with van der Waals surface area (Å²) in [5, 5.41) is 14.7. The second-order valence-electron chi connectivity index (χ2n) is 5.86. The molecule has 8 heteroatoms. The third kappa shape index (κ3) is 5.23. The van der Waals surface area contributed by atoms with E-state index in [4.69, 9.17) is 13.9 Å². The number of carbonyl (C=O) groups excluding carboxylic acids is 2. The van der Waals surface area contributed by atoms with Crippen LogP contribution in [0.25, 0.3) is 0 Å². The quantitative estimate of drug-likeness (QED) is 0.463. The van der Waals surface area contributed by atoms with Gasteiger partial charge < -0.3 is 23.8 Å². The fourth-order valence-electron chi connectivity index (χ4n) is 2.41. The highest BCUT2D eigenvalue weighted by Gasteiger charge is 2.08. The van der Waals surface area contributed by atoms with E-state index >= 15 is 0 Å². The Morgan fingerprint density at radius 2 is 1.93 bits per heavy atom. The lowest BCUT2D eigenvalue weighted by molar-refractivity contribution is -0.255. The largest absolute Gasteiger partial charge is 0.545 e. The summed E-state index contributed by atoms with van der Waals surface area (Å²) >= 11 is 0. The number of amides is 1. The monoisotopic (exact) mass is 393 g/mol. The molecule has 8 nitrogen and oxygen atoms in total. The fraction of sp³-hybridized carbons (Fsp3) is 0.0952. The van der Waals surface area contributed by atoms with Crippen molar-refractivity contribution < 1.29 is 28.6 Å². The van der Waals surface area contributed by atoms with Gasteiger partial charge in [-0.25, -0.2) is 5.43 Å². The minimum atomic E-state index is -1.23. The van der Waals surface area contributed by atoms with Gasteiger partial charge in [0.2, 0.25) is 0 Å². The van der Waals surface area contributed by atoms with E-state index in [2.05, 4.69) is 10.5 Å². The van der Waals surface area contributed by atoms with Gasteiger partial charge in [0.1, 0.15) is 6.61 Å². The molecule has 148 valence electrons. The smallest absolute Gasteiger partial charge is 0.307 e. The number of furan rings is 1. The number of aromatic carboxylic acids is 1. The van der Waals surface area contributed by atoms with Crippen molar-refractivity contribution in [1.82, 2.24) is 5.43 Å². The predicted octanol–water partition coefficient (Wildman–Crippen LogP) is 1.99. The Hall–Kier alpha value is -4.07. The van der Waals surface area contributed by atoms with Gasteiger partial charge in [0.25, 0.3) is 0 Å². The molecule has 3 aromatic rings. The first-order chi connectivity index (χ1) is 14.1. The third-order valence-corrected chi connectivity index (χ3v) is 3.90. The SMILES string of the molecule is COc1cc(/C=N\NC(=O)c2ccco2)ccc1OCc1ccc(C(=O)[O-])cc1. The van der Waals surface area contributed by atoms with Crippen LogP contribution in [0.1, 0.15) is 32.0 Å². The molecular formula is C21H17N2O6-. The number of carboxylic acids is 1. The van der Waals surface area contributed by atoms with Crippen LogP contribution in [0, 0.1) is 0 Å². The Morgan fingerprint density at radius 1 is 1.14 bits per heavy atom. The minimum Gasteiger partial charge on any atom is -0.545 e. The lowest BCUT2D eigenvalue weighted by Crippen LogP contribution is -2.22. The average Bonchev–Trinajstić information content (AvgIpc) is 3.28. The van der Waals surface area contributed by atoms with Gasteiger partial charge in [-0.15, -0.1) is 0 Å². The van der Waals surface area contributed by atoms with E-state index in [0.29, 0.717) is 17.1 Å². The first kappa shape index (κ1) is 19.7. The van der Waals surface area contributed by atoms with E-state index in [1.54, 1.807) is 36.4 Å². The Labute approximate surface area is 166 Å². The average molecular weight is 393 g/mol. The number of nitrogens with zero attached hydrogens (tertiary/aromatic N) is 1. The van der Waals surface area contributed by atoms with Crippen molar-refractivity contribution in [2.75, 3.05) is 7.11 Å². The molecule has 1 heterocycles. The molecule has 0 saturated carbocycles. The van der Waals surface area contributed by atoms with Crippen molar-refractivity contribution in [3.63, 3.8) is 0 Å². The number of hydrazone groups is 1. The van der Waals surface area contributed by atoms with Gasteiger partial charge >= 0.3 is 5.91 Å². The van der Waals surface area contributed by atoms with Gasteiger partial charge in [0.15, 0.2) is 17.3 Å². The summed E-state index contributed by atoms with van der Waals surface area (Å²) < 4.78 is 16.1. The van der Waals surface area contributed by atoms with Crippen LogP contribution in [0.5, 0.6) is 11.5 Å². The normalized spacial score (nSPS) is 10.7. The molecule has 0 atom stereocenters. The van der Waals surface area contributed by atoms with Crippen LogP contribution < -0.4 is 20.0 Å². The summed E-state index contributed by atoms with van der Waals surface area (Å²) in [4.78, 5) is 22.5. The van der Waals surface area contributed by atoms with Gasteiger partial charge in [-0.05, 0) is 47.0 Å². The molecule has 0 aliphatic heterocycles. The lowest BCUT2D eigenvalue weighted by atomic mass is 10.1. The molecule has 0 bridgehead atoms. The second kappa shape index (κ2) is 9.23. The Kier molecular flexibility index (Phi) is 6.26. The maximum absolute atomic E-state index is 11.8. The second-order valence-corrected chi connectivity index (χ2v) is 5.86. The van der Waals surface area contributed by atoms with Gasteiger partial charge in [0.05, 0.1) is 25.6 Å². The van der Waals surface area contributed by atoms with Crippen LogP contribution in [-0.4, -0.2) is 25.2 Å². The molecule has 2 aromatic carbocycles. The summed E-state index contributed by atoms with van der Waals surface area (Å²) in [6.07, 6.45) is 2.87. The van der Waals surface area contributed by atoms with Crippen LogP contribution in [0.2, 0.25) is 0 Å². The number of hydrogen-bond donors (Lipinski definition) is 1. The zero-order chi connectivity index (χ0) is 20.6. The number of carbonyl (C=O) groups is 2. The Morgan fingerprint density at radius 3 is 2.59 bits per heavy atom. The molecule has 0 spiro atoms. The first-order valence-corrected chi connectivity index (χ1v) is 8.55. The van der Waals surface area contributed by atoms with Gasteiger partial charge in [-0.1, -0.05) is 24.3 Å². The Bertz CT molecular complexity index is 1010. The van der Waals surface area contributed by atoms with Crippen molar-refractivity contribution >= 4 is 18.1 Å². The highest BCUT2D eigenvalue weighted by atomic mass is 16.5. The molecule has 0 fully saturated rings. The zero-order valence-electron chi connectivity index (χ0n) is 15.5. The van der Waals surface area contributed by atoms with E-state index in [1.807, 2.05) is 0 Å². The maximum Gasteiger partial charge on any atom is 0.307 e. The van der Waals surface area contributed by atoms with Crippen LogP contribution in [-0.2, 0) is 6.61 Å². The first-order valence-electron chi connectivity index (χ1n) is 8.55. The summed E-state index contributed by atoms with van der Waals surface area (Å²) in [6.45, 7) is 0.232. The predicted molar refractivity (Wildman–Crippen MR) is 102 cm³/mol. The van der Waals surface area contributed by atoms with Gasteiger partial charge in [0, 0.05) is 0 Å². The van der Waals surface area contributed by atoms with E-state index in [9.17, 15) is 14.7 Å². The van der Waals surface area contributed by atoms with E-state index in [0.717, 1.165) is 5.56 Å². The highest BCUT2D eigenvalue weighted by molar-refractivity contribution is 5.92. The number of rotatable bonds is 8. The molecule has 0 radical (unpaired) electrons. The van der Waals surface area contributed by atoms with Crippen LogP contribution in [0.3, 0.4) is 0 Å². The number of benzene rings is 2. The van der Waals surface area contributed by atoms with Crippen molar-refractivity contribution in [3.8, 4) is 11.5 Å².